The van der Waals surface area contributed by atoms with Crippen LogP contribution in [0.5, 0.6) is 0 Å². The molecule has 2 aliphatic heterocycles. The fourth-order valence-corrected chi connectivity index (χ4v) is 2.58. The van der Waals surface area contributed by atoms with E-state index in [1.165, 1.54) is 6.42 Å². The van der Waals surface area contributed by atoms with E-state index in [4.69, 9.17) is 9.47 Å². The summed E-state index contributed by atoms with van der Waals surface area (Å²) in [5.41, 5.74) is 0. The lowest BCUT2D eigenvalue weighted by atomic mass is 10.0. The van der Waals surface area contributed by atoms with Gasteiger partial charge in [-0.05, 0) is 44.7 Å². The van der Waals surface area contributed by atoms with E-state index in [1.54, 1.807) is 0 Å². The van der Waals surface area contributed by atoms with E-state index in [0.29, 0.717) is 18.9 Å². The minimum absolute atomic E-state index is 0. The minimum Gasteiger partial charge on any atom is -0.379 e. The van der Waals surface area contributed by atoms with Gasteiger partial charge in [0.05, 0.1) is 12.7 Å². The quantitative estimate of drug-likeness (QED) is 0.660. The van der Waals surface area contributed by atoms with Gasteiger partial charge in [-0.2, -0.15) is 0 Å². The molecule has 0 saturated carbocycles. The molecule has 1 amide bonds. The van der Waals surface area contributed by atoms with Crippen molar-refractivity contribution in [2.45, 2.75) is 38.2 Å². The lowest BCUT2D eigenvalue weighted by Gasteiger charge is -2.11. The Bertz CT molecular complexity index is 267. The van der Waals surface area contributed by atoms with Crippen molar-refractivity contribution in [2.75, 3.05) is 39.5 Å². The summed E-state index contributed by atoms with van der Waals surface area (Å²) in [5, 5.41) is 6.29. The molecule has 0 aliphatic carbocycles. The SMILES string of the molecule is Cl.O=C(CCC1CCNC1)NCCCOC1CCOC1. The molecule has 5 nitrogen and oxygen atoms in total. The fourth-order valence-electron chi connectivity index (χ4n) is 2.58. The van der Waals surface area contributed by atoms with E-state index in [9.17, 15) is 4.79 Å². The van der Waals surface area contributed by atoms with E-state index in [2.05, 4.69) is 10.6 Å². The molecule has 2 atom stereocenters. The molecule has 6 heteroatoms. The molecule has 2 rings (SSSR count). The second kappa shape index (κ2) is 10.4. The third kappa shape index (κ3) is 6.88. The molecular weight excluding hydrogens is 280 g/mol. The number of carbonyl (C=O) groups is 1. The van der Waals surface area contributed by atoms with Crippen molar-refractivity contribution in [3.05, 3.63) is 0 Å². The first-order valence-electron chi connectivity index (χ1n) is 7.51. The van der Waals surface area contributed by atoms with Gasteiger partial charge in [-0.25, -0.2) is 0 Å². The average Bonchev–Trinajstić information content (AvgIpc) is 3.09. The van der Waals surface area contributed by atoms with Gasteiger partial charge in [-0.15, -0.1) is 12.4 Å². The molecule has 2 saturated heterocycles. The molecule has 2 fully saturated rings. The van der Waals surface area contributed by atoms with E-state index >= 15 is 0 Å². The molecule has 0 radical (unpaired) electrons. The summed E-state index contributed by atoms with van der Waals surface area (Å²) in [7, 11) is 0. The zero-order valence-corrected chi connectivity index (χ0v) is 12.9. The van der Waals surface area contributed by atoms with Gasteiger partial charge in [-0.3, -0.25) is 4.79 Å². The molecule has 118 valence electrons. The normalized spacial score (nSPS) is 25.4. The second-order valence-corrected chi connectivity index (χ2v) is 5.46. The average molecular weight is 307 g/mol. The summed E-state index contributed by atoms with van der Waals surface area (Å²) < 4.78 is 10.9. The Kier molecular flexibility index (Phi) is 9.18. The van der Waals surface area contributed by atoms with Gasteiger partial charge in [0, 0.05) is 26.2 Å². The first kappa shape index (κ1) is 17.7. The lowest BCUT2D eigenvalue weighted by Crippen LogP contribution is -2.26. The van der Waals surface area contributed by atoms with Crippen LogP contribution in [0.2, 0.25) is 0 Å². The Balaban J connectivity index is 0.00000200. The number of ether oxygens (including phenoxy) is 2. The van der Waals surface area contributed by atoms with Gasteiger partial charge < -0.3 is 20.1 Å². The Morgan fingerprint density at radius 1 is 1.40 bits per heavy atom. The highest BCUT2D eigenvalue weighted by molar-refractivity contribution is 5.85. The highest BCUT2D eigenvalue weighted by Gasteiger charge is 2.16. The molecule has 2 N–H and O–H groups in total. The first-order chi connectivity index (χ1) is 9.34. The number of hydrogen-bond donors (Lipinski definition) is 2. The topological polar surface area (TPSA) is 59.6 Å². The van der Waals surface area contributed by atoms with Gasteiger partial charge in [0.25, 0.3) is 0 Å². The predicted octanol–water partition coefficient (Wildman–Crippen LogP) is 1.11. The summed E-state index contributed by atoms with van der Waals surface area (Å²) in [6.45, 7) is 5.15. The molecule has 0 spiro atoms. The zero-order valence-electron chi connectivity index (χ0n) is 12.1. The van der Waals surface area contributed by atoms with E-state index in [0.717, 1.165) is 52.1 Å². The van der Waals surface area contributed by atoms with E-state index in [-0.39, 0.29) is 24.4 Å². The third-order valence-corrected chi connectivity index (χ3v) is 3.83. The molecule has 20 heavy (non-hydrogen) atoms. The zero-order chi connectivity index (χ0) is 13.3. The van der Waals surface area contributed by atoms with E-state index < -0.39 is 0 Å². The van der Waals surface area contributed by atoms with Crippen LogP contribution in [-0.2, 0) is 14.3 Å². The fraction of sp³-hybridized carbons (Fsp3) is 0.929. The van der Waals surface area contributed by atoms with Crippen molar-refractivity contribution >= 4 is 18.3 Å². The molecular formula is C14H27ClN2O3. The Labute approximate surface area is 127 Å². The lowest BCUT2D eigenvalue weighted by molar-refractivity contribution is -0.121. The van der Waals surface area contributed by atoms with Gasteiger partial charge in [0.2, 0.25) is 5.91 Å². The number of carbonyl (C=O) groups excluding carboxylic acids is 1. The van der Waals surface area contributed by atoms with Crippen molar-refractivity contribution in [1.82, 2.24) is 10.6 Å². The van der Waals surface area contributed by atoms with Gasteiger partial charge in [0.1, 0.15) is 0 Å². The Hall–Kier alpha value is -0.360. The largest absolute Gasteiger partial charge is 0.379 e. The van der Waals surface area contributed by atoms with Gasteiger partial charge >= 0.3 is 0 Å². The maximum atomic E-state index is 11.6. The van der Waals surface area contributed by atoms with Crippen molar-refractivity contribution in [2.24, 2.45) is 5.92 Å². The molecule has 2 heterocycles. The standard InChI is InChI=1S/C14H26N2O3.ClH/c17-14(3-2-12-4-7-15-10-12)16-6-1-8-19-13-5-9-18-11-13;/h12-13,15H,1-11H2,(H,16,17);1H. The van der Waals surface area contributed by atoms with Crippen molar-refractivity contribution in [3.63, 3.8) is 0 Å². The van der Waals surface area contributed by atoms with Crippen molar-refractivity contribution in [1.29, 1.82) is 0 Å². The van der Waals surface area contributed by atoms with Crippen LogP contribution in [0.4, 0.5) is 0 Å². The third-order valence-electron chi connectivity index (χ3n) is 3.83. The molecule has 2 aliphatic rings. The van der Waals surface area contributed by atoms with Crippen LogP contribution >= 0.6 is 12.4 Å². The maximum Gasteiger partial charge on any atom is 0.220 e. The first-order valence-corrected chi connectivity index (χ1v) is 7.51. The number of rotatable bonds is 8. The molecule has 0 aromatic heterocycles. The highest BCUT2D eigenvalue weighted by atomic mass is 35.5. The van der Waals surface area contributed by atoms with Crippen LogP contribution in [0, 0.1) is 5.92 Å². The molecule has 2 unspecified atom stereocenters. The molecule has 0 bridgehead atoms. The Morgan fingerprint density at radius 3 is 3.00 bits per heavy atom. The van der Waals surface area contributed by atoms with Crippen LogP contribution in [0.1, 0.15) is 32.1 Å². The van der Waals surface area contributed by atoms with Crippen LogP contribution in [0.15, 0.2) is 0 Å². The predicted molar refractivity (Wildman–Crippen MR) is 80.3 cm³/mol. The monoisotopic (exact) mass is 306 g/mol. The van der Waals surface area contributed by atoms with Crippen LogP contribution in [0.3, 0.4) is 0 Å². The van der Waals surface area contributed by atoms with Crippen LogP contribution in [0.25, 0.3) is 0 Å². The molecule has 0 aromatic rings. The van der Waals surface area contributed by atoms with Gasteiger partial charge in [-0.1, -0.05) is 0 Å². The Morgan fingerprint density at radius 2 is 2.30 bits per heavy atom. The van der Waals surface area contributed by atoms with Gasteiger partial charge in [0.15, 0.2) is 0 Å². The summed E-state index contributed by atoms with van der Waals surface area (Å²) in [6.07, 6.45) is 5.03. The number of halogens is 1. The number of nitrogens with one attached hydrogen (secondary N) is 2. The minimum atomic E-state index is 0. The smallest absolute Gasteiger partial charge is 0.220 e. The highest BCUT2D eigenvalue weighted by Crippen LogP contribution is 2.13. The summed E-state index contributed by atoms with van der Waals surface area (Å²) in [5.74, 6) is 0.868. The molecule has 0 aromatic carbocycles. The van der Waals surface area contributed by atoms with Crippen LogP contribution < -0.4 is 10.6 Å². The summed E-state index contributed by atoms with van der Waals surface area (Å²) in [4.78, 5) is 11.6. The summed E-state index contributed by atoms with van der Waals surface area (Å²) in [6, 6.07) is 0. The number of amides is 1. The van der Waals surface area contributed by atoms with Crippen molar-refractivity contribution in [3.8, 4) is 0 Å². The number of hydrogen-bond acceptors (Lipinski definition) is 4. The summed E-state index contributed by atoms with van der Waals surface area (Å²) >= 11 is 0. The second-order valence-electron chi connectivity index (χ2n) is 5.46. The van der Waals surface area contributed by atoms with Crippen LogP contribution in [-0.4, -0.2) is 51.5 Å². The maximum absolute atomic E-state index is 11.6. The van der Waals surface area contributed by atoms with E-state index in [1.807, 2.05) is 0 Å². The van der Waals surface area contributed by atoms with Crippen molar-refractivity contribution < 1.29 is 14.3 Å².